The molecule has 0 bridgehead atoms. The number of para-hydroxylation sites is 2. The number of fused-ring (bicyclic) bond motifs is 1. The third kappa shape index (κ3) is 4.22. The molecule has 30 heavy (non-hydrogen) atoms. The maximum absolute atomic E-state index is 14.2. The number of carbonyl (C=O) groups excluding carboxylic acids is 2. The van der Waals surface area contributed by atoms with Crippen LogP contribution in [0, 0.1) is 5.82 Å². The molecular formula is C22H16ClFN2O3S. The molecule has 0 radical (unpaired) electrons. The highest BCUT2D eigenvalue weighted by Crippen LogP contribution is 2.36. The number of ether oxygens (including phenoxy) is 1. The van der Waals surface area contributed by atoms with Crippen molar-refractivity contribution in [3.63, 3.8) is 0 Å². The third-order valence-electron chi connectivity index (χ3n) is 4.45. The molecule has 1 N–H and O–H groups in total. The van der Waals surface area contributed by atoms with Gasteiger partial charge in [0, 0.05) is 10.4 Å². The van der Waals surface area contributed by atoms with Crippen LogP contribution in [0.2, 0.25) is 5.02 Å². The van der Waals surface area contributed by atoms with Gasteiger partial charge in [-0.2, -0.15) is 0 Å². The van der Waals surface area contributed by atoms with E-state index in [4.69, 9.17) is 16.3 Å². The van der Waals surface area contributed by atoms with Crippen LogP contribution in [0.4, 0.5) is 10.1 Å². The number of thiophene rings is 1. The van der Waals surface area contributed by atoms with Gasteiger partial charge < -0.3 is 10.1 Å². The summed E-state index contributed by atoms with van der Waals surface area (Å²) >= 11 is 7.61. The number of nitrogens with zero attached hydrogens (tertiary/aromatic N) is 1. The molecule has 0 saturated heterocycles. The molecule has 0 saturated carbocycles. The van der Waals surface area contributed by atoms with Gasteiger partial charge in [-0.15, -0.1) is 11.3 Å². The Hall–Kier alpha value is -3.16. The van der Waals surface area contributed by atoms with Gasteiger partial charge in [0.2, 0.25) is 5.91 Å². The molecule has 1 aliphatic heterocycles. The molecule has 1 aromatic heterocycles. The summed E-state index contributed by atoms with van der Waals surface area (Å²) in [4.78, 5) is 27.9. The van der Waals surface area contributed by atoms with Crippen molar-refractivity contribution < 1.29 is 18.7 Å². The second-order valence-electron chi connectivity index (χ2n) is 6.46. The lowest BCUT2D eigenvalue weighted by Gasteiger charge is -2.30. The van der Waals surface area contributed by atoms with E-state index in [9.17, 15) is 14.0 Å². The first-order chi connectivity index (χ1) is 14.5. The minimum atomic E-state index is -0.578. The molecule has 2 amide bonds. The highest BCUT2D eigenvalue weighted by molar-refractivity contribution is 7.09. The Bertz CT molecular complexity index is 1110. The first-order valence-electron chi connectivity index (χ1n) is 9.06. The summed E-state index contributed by atoms with van der Waals surface area (Å²) in [6, 6.07) is 14.9. The standard InChI is InChI=1S/C22H16ClFN2O3S/c23-16-6-3-7-17(24)15(16)11-20-22(28)26(18-8-1-2-9-19(18)29-20)13-21(27)25-12-14-5-4-10-30-14/h1-11H,12-13H2,(H,25,27). The van der Waals surface area contributed by atoms with Gasteiger partial charge in [-0.1, -0.05) is 35.9 Å². The van der Waals surface area contributed by atoms with Crippen LogP contribution in [0.15, 0.2) is 65.7 Å². The van der Waals surface area contributed by atoms with Crippen molar-refractivity contribution in [2.75, 3.05) is 11.4 Å². The van der Waals surface area contributed by atoms with Gasteiger partial charge in [0.1, 0.15) is 12.4 Å². The highest BCUT2D eigenvalue weighted by Gasteiger charge is 2.32. The van der Waals surface area contributed by atoms with E-state index in [1.165, 1.54) is 40.5 Å². The van der Waals surface area contributed by atoms with Crippen LogP contribution in [0.1, 0.15) is 10.4 Å². The molecule has 0 aliphatic carbocycles. The van der Waals surface area contributed by atoms with Crippen LogP contribution in [-0.4, -0.2) is 18.4 Å². The number of amides is 2. The average Bonchev–Trinajstić information content (AvgIpc) is 3.26. The quantitative estimate of drug-likeness (QED) is 0.586. The molecule has 0 fully saturated rings. The highest BCUT2D eigenvalue weighted by atomic mass is 35.5. The zero-order chi connectivity index (χ0) is 21.1. The molecule has 3 aromatic rings. The molecule has 0 unspecified atom stereocenters. The van der Waals surface area contributed by atoms with Gasteiger partial charge in [0.15, 0.2) is 11.5 Å². The third-order valence-corrected chi connectivity index (χ3v) is 5.65. The van der Waals surface area contributed by atoms with E-state index in [1.54, 1.807) is 24.3 Å². The number of benzene rings is 2. The first kappa shape index (κ1) is 20.1. The molecule has 5 nitrogen and oxygen atoms in total. The monoisotopic (exact) mass is 442 g/mol. The van der Waals surface area contributed by atoms with E-state index in [0.717, 1.165) is 4.88 Å². The zero-order valence-corrected chi connectivity index (χ0v) is 17.2. The van der Waals surface area contributed by atoms with Crippen molar-refractivity contribution in [2.45, 2.75) is 6.54 Å². The fraction of sp³-hybridized carbons (Fsp3) is 0.0909. The molecule has 2 heterocycles. The summed E-state index contributed by atoms with van der Waals surface area (Å²) in [7, 11) is 0. The van der Waals surface area contributed by atoms with Crippen molar-refractivity contribution in [3.05, 3.63) is 87.0 Å². The lowest BCUT2D eigenvalue weighted by atomic mass is 10.1. The summed E-state index contributed by atoms with van der Waals surface area (Å²) in [5, 5.41) is 4.88. The van der Waals surface area contributed by atoms with E-state index in [1.807, 2.05) is 17.5 Å². The van der Waals surface area contributed by atoms with Crippen molar-refractivity contribution in [3.8, 4) is 5.75 Å². The van der Waals surface area contributed by atoms with Crippen molar-refractivity contribution >= 4 is 46.5 Å². The molecule has 4 rings (SSSR count). The number of hydrogen-bond donors (Lipinski definition) is 1. The van der Waals surface area contributed by atoms with Crippen LogP contribution in [0.3, 0.4) is 0 Å². The number of hydrogen-bond acceptors (Lipinski definition) is 4. The molecular weight excluding hydrogens is 427 g/mol. The van der Waals surface area contributed by atoms with Crippen molar-refractivity contribution in [2.24, 2.45) is 0 Å². The smallest absolute Gasteiger partial charge is 0.294 e. The molecule has 8 heteroatoms. The lowest BCUT2D eigenvalue weighted by molar-refractivity contribution is -0.123. The maximum Gasteiger partial charge on any atom is 0.294 e. The van der Waals surface area contributed by atoms with Gasteiger partial charge in [-0.25, -0.2) is 4.39 Å². The van der Waals surface area contributed by atoms with Crippen LogP contribution in [0.25, 0.3) is 6.08 Å². The fourth-order valence-corrected chi connectivity index (χ4v) is 3.86. The van der Waals surface area contributed by atoms with Gasteiger partial charge in [-0.3, -0.25) is 14.5 Å². The largest absolute Gasteiger partial charge is 0.449 e. The van der Waals surface area contributed by atoms with Crippen LogP contribution in [-0.2, 0) is 16.1 Å². The molecule has 0 spiro atoms. The lowest BCUT2D eigenvalue weighted by Crippen LogP contribution is -2.44. The number of halogens is 2. The Morgan fingerprint density at radius 2 is 2.00 bits per heavy atom. The second kappa shape index (κ2) is 8.69. The summed E-state index contributed by atoms with van der Waals surface area (Å²) in [5.74, 6) is -1.19. The fourth-order valence-electron chi connectivity index (χ4n) is 3.00. The zero-order valence-electron chi connectivity index (χ0n) is 15.6. The number of rotatable bonds is 5. The summed E-state index contributed by atoms with van der Waals surface area (Å²) < 4.78 is 19.9. The van der Waals surface area contributed by atoms with Crippen LogP contribution >= 0.6 is 22.9 Å². The number of anilines is 1. The van der Waals surface area contributed by atoms with Crippen molar-refractivity contribution in [1.29, 1.82) is 0 Å². The van der Waals surface area contributed by atoms with Crippen LogP contribution in [0.5, 0.6) is 5.75 Å². The summed E-state index contributed by atoms with van der Waals surface area (Å²) in [5.41, 5.74) is 0.509. The SMILES string of the molecule is O=C(CN1C(=O)C(=Cc2c(F)cccc2Cl)Oc2ccccc21)NCc1cccs1. The van der Waals surface area contributed by atoms with Gasteiger partial charge in [0.05, 0.1) is 17.3 Å². The van der Waals surface area contributed by atoms with Crippen molar-refractivity contribution in [1.82, 2.24) is 5.32 Å². The normalized spacial score (nSPS) is 14.4. The predicted molar refractivity (Wildman–Crippen MR) is 115 cm³/mol. The Labute approximate surface area is 181 Å². The molecule has 2 aromatic carbocycles. The minimum absolute atomic E-state index is 0.0454. The Kier molecular flexibility index (Phi) is 5.83. The summed E-state index contributed by atoms with van der Waals surface area (Å²) in [6.45, 7) is 0.178. The first-order valence-corrected chi connectivity index (χ1v) is 10.3. The van der Waals surface area contributed by atoms with E-state index >= 15 is 0 Å². The molecule has 152 valence electrons. The number of nitrogens with one attached hydrogen (secondary N) is 1. The van der Waals surface area contributed by atoms with E-state index in [-0.39, 0.29) is 28.8 Å². The van der Waals surface area contributed by atoms with E-state index in [0.29, 0.717) is 18.0 Å². The topological polar surface area (TPSA) is 58.6 Å². The van der Waals surface area contributed by atoms with Crippen LogP contribution < -0.4 is 15.0 Å². The molecule has 1 aliphatic rings. The van der Waals surface area contributed by atoms with E-state index in [2.05, 4.69) is 5.32 Å². The Morgan fingerprint density at radius 3 is 2.77 bits per heavy atom. The molecule has 0 atom stereocenters. The predicted octanol–water partition coefficient (Wildman–Crippen LogP) is 4.62. The second-order valence-corrected chi connectivity index (χ2v) is 7.90. The number of carbonyl (C=O) groups is 2. The maximum atomic E-state index is 14.2. The average molecular weight is 443 g/mol. The Morgan fingerprint density at radius 1 is 1.17 bits per heavy atom. The van der Waals surface area contributed by atoms with Gasteiger partial charge in [-0.05, 0) is 41.8 Å². The Balaban J connectivity index is 1.61. The van der Waals surface area contributed by atoms with Gasteiger partial charge in [0.25, 0.3) is 5.91 Å². The minimum Gasteiger partial charge on any atom is -0.449 e. The van der Waals surface area contributed by atoms with E-state index < -0.39 is 11.7 Å². The van der Waals surface area contributed by atoms with Gasteiger partial charge >= 0.3 is 0 Å². The summed E-state index contributed by atoms with van der Waals surface area (Å²) in [6.07, 6.45) is 1.26.